The van der Waals surface area contributed by atoms with Gasteiger partial charge in [-0.15, -0.1) is 0 Å². The van der Waals surface area contributed by atoms with Gasteiger partial charge in [-0.1, -0.05) is 36.4 Å². The summed E-state index contributed by atoms with van der Waals surface area (Å²) in [5.41, 5.74) is 1.10. The molecule has 1 aliphatic rings. The van der Waals surface area contributed by atoms with E-state index in [0.717, 1.165) is 55.5 Å². The van der Waals surface area contributed by atoms with Crippen molar-refractivity contribution in [1.29, 1.82) is 0 Å². The van der Waals surface area contributed by atoms with Gasteiger partial charge in [0.05, 0.1) is 13.7 Å². The first kappa shape index (κ1) is 19.1. The van der Waals surface area contributed by atoms with Crippen molar-refractivity contribution in [3.8, 4) is 11.5 Å². The van der Waals surface area contributed by atoms with Crippen LogP contribution in [-0.2, 0) is 6.54 Å². The fraction of sp³-hybridized carbons (Fsp3) is 0.409. The number of benzene rings is 2. The zero-order valence-electron chi connectivity index (χ0n) is 16.2. The maximum Gasteiger partial charge on any atom is 0.194 e. The Kier molecular flexibility index (Phi) is 6.97. The van der Waals surface area contributed by atoms with Crippen LogP contribution in [0.15, 0.2) is 59.6 Å². The fourth-order valence-corrected chi connectivity index (χ4v) is 3.30. The van der Waals surface area contributed by atoms with Crippen molar-refractivity contribution in [2.24, 2.45) is 4.99 Å². The molecule has 0 aliphatic carbocycles. The first-order valence-electron chi connectivity index (χ1n) is 9.67. The normalized spacial score (nSPS) is 15.5. The van der Waals surface area contributed by atoms with E-state index >= 15 is 0 Å². The van der Waals surface area contributed by atoms with E-state index in [2.05, 4.69) is 23.2 Å². The van der Waals surface area contributed by atoms with Crippen LogP contribution >= 0.6 is 0 Å². The number of hydrogen-bond acceptors (Lipinski definition) is 3. The highest BCUT2D eigenvalue weighted by molar-refractivity contribution is 5.80. The number of aliphatic imine (C=N–C) groups is 1. The Hall–Kier alpha value is -2.69. The number of rotatable bonds is 6. The number of methoxy groups -OCH3 is 1. The Labute approximate surface area is 162 Å². The molecule has 27 heavy (non-hydrogen) atoms. The van der Waals surface area contributed by atoms with Crippen molar-refractivity contribution >= 4 is 5.96 Å². The van der Waals surface area contributed by atoms with Crippen LogP contribution in [0.25, 0.3) is 0 Å². The highest BCUT2D eigenvalue weighted by atomic mass is 16.5. The van der Waals surface area contributed by atoms with Crippen molar-refractivity contribution in [1.82, 2.24) is 10.2 Å². The van der Waals surface area contributed by atoms with Gasteiger partial charge < -0.3 is 19.7 Å². The van der Waals surface area contributed by atoms with Crippen molar-refractivity contribution < 1.29 is 9.47 Å². The molecular formula is C22H29N3O2. The topological polar surface area (TPSA) is 46.1 Å². The second kappa shape index (κ2) is 9.86. The standard InChI is InChI=1S/C22H29N3O2/c1-3-23-22(24-17-18-9-7-8-12-21(18)26-2)25-15-13-20(14-16-25)27-19-10-5-4-6-11-19/h4-12,20H,3,13-17H2,1-2H3,(H,23,24). The number of ether oxygens (including phenoxy) is 2. The number of likely N-dealkylation sites (tertiary alicyclic amines) is 1. The summed E-state index contributed by atoms with van der Waals surface area (Å²) in [5.74, 6) is 2.79. The third kappa shape index (κ3) is 5.39. The van der Waals surface area contributed by atoms with Crippen molar-refractivity contribution in [2.75, 3.05) is 26.7 Å². The minimum atomic E-state index is 0.265. The number of hydrogen-bond donors (Lipinski definition) is 1. The lowest BCUT2D eigenvalue weighted by atomic mass is 10.1. The SMILES string of the molecule is CCNC(=NCc1ccccc1OC)N1CCC(Oc2ccccc2)CC1. The highest BCUT2D eigenvalue weighted by Gasteiger charge is 2.22. The molecule has 0 atom stereocenters. The Balaban J connectivity index is 1.59. The number of para-hydroxylation sites is 2. The Bertz CT molecular complexity index is 725. The van der Waals surface area contributed by atoms with Crippen molar-refractivity contribution in [2.45, 2.75) is 32.4 Å². The number of nitrogens with zero attached hydrogens (tertiary/aromatic N) is 2. The molecule has 1 heterocycles. The van der Waals surface area contributed by atoms with E-state index in [9.17, 15) is 0 Å². The zero-order valence-corrected chi connectivity index (χ0v) is 16.2. The first-order valence-corrected chi connectivity index (χ1v) is 9.67. The summed E-state index contributed by atoms with van der Waals surface area (Å²) in [7, 11) is 1.70. The average Bonchev–Trinajstić information content (AvgIpc) is 2.73. The summed E-state index contributed by atoms with van der Waals surface area (Å²) < 4.78 is 11.5. The highest BCUT2D eigenvalue weighted by Crippen LogP contribution is 2.20. The average molecular weight is 367 g/mol. The van der Waals surface area contributed by atoms with E-state index in [-0.39, 0.29) is 6.10 Å². The van der Waals surface area contributed by atoms with E-state index in [0.29, 0.717) is 6.54 Å². The second-order valence-electron chi connectivity index (χ2n) is 6.60. The molecule has 144 valence electrons. The Morgan fingerprint density at radius 3 is 2.48 bits per heavy atom. The van der Waals surface area contributed by atoms with Crippen LogP contribution in [0.3, 0.4) is 0 Å². The van der Waals surface area contributed by atoms with Gasteiger partial charge in [-0.3, -0.25) is 0 Å². The fourth-order valence-electron chi connectivity index (χ4n) is 3.30. The van der Waals surface area contributed by atoms with Gasteiger partial charge >= 0.3 is 0 Å². The van der Waals surface area contributed by atoms with Crippen LogP contribution in [0.2, 0.25) is 0 Å². The van der Waals surface area contributed by atoms with Crippen LogP contribution in [0, 0.1) is 0 Å². The number of piperidine rings is 1. The van der Waals surface area contributed by atoms with Crippen LogP contribution in [-0.4, -0.2) is 43.7 Å². The predicted molar refractivity (Wildman–Crippen MR) is 109 cm³/mol. The molecule has 5 nitrogen and oxygen atoms in total. The van der Waals surface area contributed by atoms with Crippen LogP contribution < -0.4 is 14.8 Å². The molecule has 0 radical (unpaired) electrons. The number of guanidine groups is 1. The molecule has 0 bridgehead atoms. The third-order valence-electron chi connectivity index (χ3n) is 4.71. The van der Waals surface area contributed by atoms with E-state index in [4.69, 9.17) is 14.5 Å². The molecule has 0 aromatic heterocycles. The zero-order chi connectivity index (χ0) is 18.9. The molecule has 1 aliphatic heterocycles. The molecule has 5 heteroatoms. The van der Waals surface area contributed by atoms with Crippen molar-refractivity contribution in [3.63, 3.8) is 0 Å². The molecule has 2 aromatic rings. The summed E-state index contributed by atoms with van der Waals surface area (Å²) in [5, 5.41) is 3.42. The molecular weight excluding hydrogens is 338 g/mol. The molecule has 0 spiro atoms. The minimum absolute atomic E-state index is 0.265. The van der Waals surface area contributed by atoms with Gasteiger partial charge in [0.15, 0.2) is 5.96 Å². The molecule has 0 unspecified atom stereocenters. The summed E-state index contributed by atoms with van der Waals surface area (Å²) in [4.78, 5) is 7.16. The molecule has 3 rings (SSSR count). The van der Waals surface area contributed by atoms with Gasteiger partial charge in [0.2, 0.25) is 0 Å². The third-order valence-corrected chi connectivity index (χ3v) is 4.71. The van der Waals surface area contributed by atoms with Gasteiger partial charge in [-0.25, -0.2) is 4.99 Å². The molecule has 1 fully saturated rings. The molecule has 1 N–H and O–H groups in total. The molecule has 0 amide bonds. The summed E-state index contributed by atoms with van der Waals surface area (Å²) >= 11 is 0. The van der Waals surface area contributed by atoms with E-state index in [1.54, 1.807) is 7.11 Å². The Morgan fingerprint density at radius 1 is 1.07 bits per heavy atom. The van der Waals surface area contributed by atoms with Gasteiger partial charge in [-0.05, 0) is 25.1 Å². The first-order chi connectivity index (χ1) is 13.3. The second-order valence-corrected chi connectivity index (χ2v) is 6.60. The van der Waals surface area contributed by atoms with Crippen LogP contribution in [0.4, 0.5) is 0 Å². The van der Waals surface area contributed by atoms with Gasteiger partial charge in [0.1, 0.15) is 17.6 Å². The lowest BCUT2D eigenvalue weighted by molar-refractivity contribution is 0.129. The maximum absolute atomic E-state index is 6.10. The van der Waals surface area contributed by atoms with Gasteiger partial charge in [-0.2, -0.15) is 0 Å². The lowest BCUT2D eigenvalue weighted by Gasteiger charge is -2.34. The molecule has 1 saturated heterocycles. The van der Waals surface area contributed by atoms with E-state index < -0.39 is 0 Å². The maximum atomic E-state index is 6.10. The van der Waals surface area contributed by atoms with Crippen LogP contribution in [0.5, 0.6) is 11.5 Å². The van der Waals surface area contributed by atoms with Gasteiger partial charge in [0, 0.05) is 38.0 Å². The quantitative estimate of drug-likeness (QED) is 0.625. The van der Waals surface area contributed by atoms with Crippen molar-refractivity contribution in [3.05, 3.63) is 60.2 Å². The molecule has 2 aromatic carbocycles. The summed E-state index contributed by atoms with van der Waals surface area (Å²) in [6, 6.07) is 18.1. The van der Waals surface area contributed by atoms with Gasteiger partial charge in [0.25, 0.3) is 0 Å². The Morgan fingerprint density at radius 2 is 1.78 bits per heavy atom. The monoisotopic (exact) mass is 367 g/mol. The summed E-state index contributed by atoms with van der Waals surface area (Å²) in [6.45, 7) is 5.44. The van der Waals surface area contributed by atoms with E-state index in [1.165, 1.54) is 0 Å². The predicted octanol–water partition coefficient (Wildman–Crippen LogP) is 3.70. The lowest BCUT2D eigenvalue weighted by Crippen LogP contribution is -2.47. The van der Waals surface area contributed by atoms with E-state index in [1.807, 2.05) is 48.5 Å². The number of nitrogens with one attached hydrogen (secondary N) is 1. The smallest absolute Gasteiger partial charge is 0.194 e. The largest absolute Gasteiger partial charge is 0.496 e. The minimum Gasteiger partial charge on any atom is -0.496 e. The molecule has 0 saturated carbocycles. The summed E-state index contributed by atoms with van der Waals surface area (Å²) in [6.07, 6.45) is 2.25. The van der Waals surface area contributed by atoms with Crippen LogP contribution in [0.1, 0.15) is 25.3 Å².